The minimum Gasteiger partial charge on any atom is -0.480 e. The number of hydrogen-bond donors (Lipinski definition) is 1. The van der Waals surface area contributed by atoms with Gasteiger partial charge in [0.05, 0.1) is 0 Å². The van der Waals surface area contributed by atoms with Crippen molar-refractivity contribution >= 4 is 17.6 Å². The predicted molar refractivity (Wildman–Crippen MR) is 77.5 cm³/mol. The third-order valence-corrected chi connectivity index (χ3v) is 3.81. The van der Waals surface area contributed by atoms with E-state index in [4.69, 9.17) is 0 Å². The average molecular weight is 355 g/mol. The molecule has 0 aliphatic carbocycles. The van der Waals surface area contributed by atoms with Crippen LogP contribution >= 0.6 is 0 Å². The maximum Gasteiger partial charge on any atom is 0.471 e. The molecule has 1 saturated heterocycles. The standard InChI is InChI=1S/C15H12F3N3O4/c16-15(17,18)14-19-12(20-25-14)8-4-6-9(7-5-8)21-10(13(23)24)2-1-3-11(21)22/h4-7,10H,1-3H2,(H,23,24). The monoisotopic (exact) mass is 355 g/mol. The molecule has 132 valence electrons. The molecule has 0 radical (unpaired) electrons. The number of aliphatic carboxylic acids is 1. The molecule has 1 aliphatic heterocycles. The van der Waals surface area contributed by atoms with Crippen molar-refractivity contribution in [3.8, 4) is 11.4 Å². The zero-order valence-electron chi connectivity index (χ0n) is 12.7. The predicted octanol–water partition coefficient (Wildman–Crippen LogP) is 2.73. The van der Waals surface area contributed by atoms with Gasteiger partial charge in [-0.1, -0.05) is 5.16 Å². The first-order valence-electron chi connectivity index (χ1n) is 7.33. The number of carboxylic acids is 1. The summed E-state index contributed by atoms with van der Waals surface area (Å²) in [7, 11) is 0. The molecule has 1 unspecified atom stereocenters. The Morgan fingerprint density at radius 3 is 2.52 bits per heavy atom. The van der Waals surface area contributed by atoms with Crippen molar-refractivity contribution in [1.29, 1.82) is 0 Å². The van der Waals surface area contributed by atoms with E-state index in [1.807, 2.05) is 0 Å². The number of aromatic nitrogens is 2. The van der Waals surface area contributed by atoms with Crippen molar-refractivity contribution in [3.05, 3.63) is 30.2 Å². The number of benzene rings is 1. The molecule has 10 heteroatoms. The van der Waals surface area contributed by atoms with E-state index in [9.17, 15) is 27.9 Å². The summed E-state index contributed by atoms with van der Waals surface area (Å²) in [5.41, 5.74) is 0.597. The molecule has 25 heavy (non-hydrogen) atoms. The summed E-state index contributed by atoms with van der Waals surface area (Å²) in [4.78, 5) is 27.9. The zero-order valence-corrected chi connectivity index (χ0v) is 12.7. The van der Waals surface area contributed by atoms with Crippen molar-refractivity contribution in [1.82, 2.24) is 10.1 Å². The van der Waals surface area contributed by atoms with Crippen LogP contribution in [0, 0.1) is 0 Å². The van der Waals surface area contributed by atoms with Crippen LogP contribution in [-0.4, -0.2) is 33.2 Å². The maximum atomic E-state index is 12.5. The molecule has 0 bridgehead atoms. The Balaban J connectivity index is 1.88. The second-order valence-electron chi connectivity index (χ2n) is 5.48. The van der Waals surface area contributed by atoms with E-state index < -0.39 is 24.1 Å². The van der Waals surface area contributed by atoms with Gasteiger partial charge in [-0.2, -0.15) is 18.2 Å². The molecule has 1 atom stereocenters. The lowest BCUT2D eigenvalue weighted by Gasteiger charge is -2.32. The number of rotatable bonds is 3. The molecule has 0 spiro atoms. The van der Waals surface area contributed by atoms with E-state index in [1.54, 1.807) is 0 Å². The van der Waals surface area contributed by atoms with Crippen LogP contribution in [0.2, 0.25) is 0 Å². The molecule has 0 saturated carbocycles. The molecular weight excluding hydrogens is 343 g/mol. The Bertz CT molecular complexity index is 801. The first-order chi connectivity index (χ1) is 11.8. The van der Waals surface area contributed by atoms with Gasteiger partial charge in [0.15, 0.2) is 0 Å². The van der Waals surface area contributed by atoms with Crippen LogP contribution in [0.25, 0.3) is 11.4 Å². The van der Waals surface area contributed by atoms with Gasteiger partial charge in [-0.3, -0.25) is 9.69 Å². The Morgan fingerprint density at radius 2 is 1.96 bits per heavy atom. The van der Waals surface area contributed by atoms with Gasteiger partial charge in [-0.25, -0.2) is 4.79 Å². The number of halogens is 3. The van der Waals surface area contributed by atoms with E-state index in [-0.39, 0.29) is 23.7 Å². The molecule has 7 nitrogen and oxygen atoms in total. The van der Waals surface area contributed by atoms with Gasteiger partial charge < -0.3 is 9.63 Å². The fraction of sp³-hybridized carbons (Fsp3) is 0.333. The number of alkyl halides is 3. The highest BCUT2D eigenvalue weighted by Crippen LogP contribution is 2.31. The van der Waals surface area contributed by atoms with Crippen LogP contribution in [0.3, 0.4) is 0 Å². The summed E-state index contributed by atoms with van der Waals surface area (Å²) in [6, 6.07) is 4.73. The zero-order chi connectivity index (χ0) is 18.2. The molecule has 1 fully saturated rings. The highest BCUT2D eigenvalue weighted by atomic mass is 19.4. The lowest BCUT2D eigenvalue weighted by molar-refractivity contribution is -0.159. The molecule has 1 aromatic carbocycles. The topological polar surface area (TPSA) is 96.5 Å². The van der Waals surface area contributed by atoms with Crippen LogP contribution in [0.4, 0.5) is 18.9 Å². The Kier molecular flexibility index (Phi) is 4.19. The summed E-state index contributed by atoms with van der Waals surface area (Å²) >= 11 is 0. The van der Waals surface area contributed by atoms with E-state index in [1.165, 1.54) is 29.2 Å². The summed E-state index contributed by atoms with van der Waals surface area (Å²) < 4.78 is 41.6. The number of amides is 1. The molecule has 1 N–H and O–H groups in total. The van der Waals surface area contributed by atoms with Gasteiger partial charge in [0, 0.05) is 17.7 Å². The fourth-order valence-electron chi connectivity index (χ4n) is 2.65. The number of piperidine rings is 1. The minimum atomic E-state index is -4.74. The minimum absolute atomic E-state index is 0.241. The average Bonchev–Trinajstić information content (AvgIpc) is 3.05. The maximum absolute atomic E-state index is 12.5. The third kappa shape index (κ3) is 3.32. The quantitative estimate of drug-likeness (QED) is 0.909. The third-order valence-electron chi connectivity index (χ3n) is 3.81. The second kappa shape index (κ2) is 6.19. The van der Waals surface area contributed by atoms with Crippen LogP contribution in [0.1, 0.15) is 25.2 Å². The number of hydrogen-bond acceptors (Lipinski definition) is 5. The van der Waals surface area contributed by atoms with Gasteiger partial charge in [-0.15, -0.1) is 0 Å². The summed E-state index contributed by atoms with van der Waals surface area (Å²) in [6.45, 7) is 0. The van der Waals surface area contributed by atoms with Gasteiger partial charge in [-0.05, 0) is 37.1 Å². The Hall–Kier alpha value is -2.91. The number of carboxylic acid groups (broad SMARTS) is 1. The highest BCUT2D eigenvalue weighted by molar-refractivity contribution is 6.00. The van der Waals surface area contributed by atoms with E-state index in [0.717, 1.165) is 0 Å². The van der Waals surface area contributed by atoms with Gasteiger partial charge in [0.1, 0.15) is 6.04 Å². The van der Waals surface area contributed by atoms with Crippen LogP contribution in [0.5, 0.6) is 0 Å². The molecule has 2 heterocycles. The summed E-state index contributed by atoms with van der Waals surface area (Å²) in [6.07, 6.45) is -3.67. The van der Waals surface area contributed by atoms with E-state index in [0.29, 0.717) is 18.5 Å². The van der Waals surface area contributed by atoms with Crippen molar-refractivity contribution in [3.63, 3.8) is 0 Å². The number of carbonyl (C=O) groups is 2. The van der Waals surface area contributed by atoms with E-state index in [2.05, 4.69) is 14.7 Å². The largest absolute Gasteiger partial charge is 0.480 e. The molecule has 2 aromatic rings. The SMILES string of the molecule is O=C(O)C1CCCC(=O)N1c1ccc(-c2noc(C(F)(F)F)n2)cc1. The number of carbonyl (C=O) groups excluding carboxylic acids is 1. The van der Waals surface area contributed by atoms with Crippen molar-refractivity contribution in [2.75, 3.05) is 4.90 Å². The number of anilines is 1. The summed E-state index contributed by atoms with van der Waals surface area (Å²) in [5.74, 6) is -3.13. The van der Waals surface area contributed by atoms with Crippen LogP contribution in [0.15, 0.2) is 28.8 Å². The molecule has 1 aliphatic rings. The lowest BCUT2D eigenvalue weighted by Crippen LogP contribution is -2.48. The van der Waals surface area contributed by atoms with Crippen molar-refractivity contribution in [2.45, 2.75) is 31.5 Å². The van der Waals surface area contributed by atoms with E-state index >= 15 is 0 Å². The molecule has 1 amide bonds. The highest BCUT2D eigenvalue weighted by Gasteiger charge is 2.38. The first kappa shape index (κ1) is 16.9. The Morgan fingerprint density at radius 1 is 1.28 bits per heavy atom. The van der Waals surface area contributed by atoms with Crippen molar-refractivity contribution < 1.29 is 32.4 Å². The molecule has 3 rings (SSSR count). The second-order valence-corrected chi connectivity index (χ2v) is 5.48. The number of nitrogens with zero attached hydrogens (tertiary/aromatic N) is 3. The first-order valence-corrected chi connectivity index (χ1v) is 7.33. The smallest absolute Gasteiger partial charge is 0.471 e. The van der Waals surface area contributed by atoms with Gasteiger partial charge in [0.2, 0.25) is 11.7 Å². The Labute approximate surface area is 139 Å². The van der Waals surface area contributed by atoms with Gasteiger partial charge >= 0.3 is 18.0 Å². The molecule has 1 aromatic heterocycles. The van der Waals surface area contributed by atoms with Gasteiger partial charge in [0.25, 0.3) is 0 Å². The molecular formula is C15H12F3N3O4. The van der Waals surface area contributed by atoms with Crippen molar-refractivity contribution in [2.24, 2.45) is 0 Å². The van der Waals surface area contributed by atoms with Crippen LogP contribution < -0.4 is 4.90 Å². The normalized spacial score (nSPS) is 18.4. The fourth-order valence-corrected chi connectivity index (χ4v) is 2.65. The summed E-state index contributed by atoms with van der Waals surface area (Å²) in [5, 5.41) is 12.5. The lowest BCUT2D eigenvalue weighted by atomic mass is 10.0. The van der Waals surface area contributed by atoms with Crippen LogP contribution in [-0.2, 0) is 15.8 Å².